The lowest BCUT2D eigenvalue weighted by molar-refractivity contribution is -0.198. The highest BCUT2D eigenvalue weighted by atomic mass is 19.4. The molecule has 4 N–H and O–H groups in total. The normalized spacial score (nSPS) is 19.3. The van der Waals surface area contributed by atoms with Crippen LogP contribution in [0.3, 0.4) is 0 Å². The quantitative estimate of drug-likeness (QED) is 0.305. The van der Waals surface area contributed by atoms with Gasteiger partial charge in [0.05, 0.1) is 11.7 Å². The number of rotatable bonds is 6. The van der Waals surface area contributed by atoms with Crippen molar-refractivity contribution in [2.45, 2.75) is 37.6 Å². The standard InChI is InChI=1S/C29H30F3N7O3/c1-38-22-12-19(6-7-20(22)15-35-38)17-2-4-18(5-3-17)25(29(30,31)32)42-24-13-23(36-27(33)37-24)39-10-8-28(9-11-39)14-21(26(40)41)34-16-28/h2-7,12-13,15,21,25,34H,8-11,14,16H2,1H3,(H,40,41)(H2,33,36,37)/t21-,25+/m0/s1. The van der Waals surface area contributed by atoms with Crippen molar-refractivity contribution in [1.29, 1.82) is 0 Å². The first-order valence-electron chi connectivity index (χ1n) is 13.6. The second-order valence-corrected chi connectivity index (χ2v) is 11.1. The van der Waals surface area contributed by atoms with E-state index in [4.69, 9.17) is 10.5 Å². The Hall–Kier alpha value is -4.39. The first-order chi connectivity index (χ1) is 20.0. The van der Waals surface area contributed by atoms with E-state index in [1.165, 1.54) is 18.2 Å². The first kappa shape index (κ1) is 27.8. The predicted molar refractivity (Wildman–Crippen MR) is 150 cm³/mol. The summed E-state index contributed by atoms with van der Waals surface area (Å²) in [5.41, 5.74) is 8.21. The fourth-order valence-electron chi connectivity index (χ4n) is 5.95. The van der Waals surface area contributed by atoms with Crippen molar-refractivity contribution < 1.29 is 27.8 Å². The summed E-state index contributed by atoms with van der Waals surface area (Å²) in [5.74, 6) is -0.966. The van der Waals surface area contributed by atoms with Crippen LogP contribution in [-0.4, -0.2) is 62.7 Å². The fourth-order valence-corrected chi connectivity index (χ4v) is 5.95. The van der Waals surface area contributed by atoms with E-state index in [1.807, 2.05) is 30.1 Å². The average Bonchev–Trinajstić information content (AvgIpc) is 3.55. The smallest absolute Gasteiger partial charge is 0.429 e. The number of carbonyl (C=O) groups is 1. The number of benzene rings is 2. The third-order valence-corrected chi connectivity index (χ3v) is 8.34. The summed E-state index contributed by atoms with van der Waals surface area (Å²) >= 11 is 0. The van der Waals surface area contributed by atoms with Gasteiger partial charge in [-0.1, -0.05) is 36.4 Å². The van der Waals surface area contributed by atoms with Gasteiger partial charge < -0.3 is 25.8 Å². The maximum absolute atomic E-state index is 14.2. The SMILES string of the molecule is Cn1ncc2ccc(-c3ccc([C@@H](Oc4cc(N5CCC6(CC5)CN[C@H](C(=O)O)C6)nc(N)n4)C(F)(F)F)cc3)cc21. The van der Waals surface area contributed by atoms with Crippen molar-refractivity contribution in [1.82, 2.24) is 25.1 Å². The lowest BCUT2D eigenvalue weighted by atomic mass is 9.76. The van der Waals surface area contributed by atoms with Gasteiger partial charge in [-0.3, -0.25) is 9.48 Å². The van der Waals surface area contributed by atoms with Gasteiger partial charge in [-0.2, -0.15) is 28.2 Å². The predicted octanol–water partition coefficient (Wildman–Crippen LogP) is 4.33. The van der Waals surface area contributed by atoms with E-state index in [0.717, 1.165) is 34.9 Å². The Morgan fingerprint density at radius 3 is 2.50 bits per heavy atom. The van der Waals surface area contributed by atoms with Crippen LogP contribution in [-0.2, 0) is 11.8 Å². The number of piperidine rings is 1. The topological polar surface area (TPSA) is 131 Å². The van der Waals surface area contributed by atoms with Gasteiger partial charge in [0.15, 0.2) is 0 Å². The number of aryl methyl sites for hydroxylation is 1. The highest BCUT2D eigenvalue weighted by Gasteiger charge is 2.45. The summed E-state index contributed by atoms with van der Waals surface area (Å²) in [7, 11) is 1.83. The van der Waals surface area contributed by atoms with Gasteiger partial charge in [0, 0.05) is 43.7 Å². The molecular formula is C29H30F3N7O3. The van der Waals surface area contributed by atoms with Crippen LogP contribution in [0.15, 0.2) is 54.7 Å². The third-order valence-electron chi connectivity index (χ3n) is 8.34. The van der Waals surface area contributed by atoms with Crippen LogP contribution in [0, 0.1) is 5.41 Å². The number of nitrogens with two attached hydrogens (primary N) is 1. The monoisotopic (exact) mass is 581 g/mol. The Labute approximate surface area is 239 Å². The van der Waals surface area contributed by atoms with Crippen molar-refractivity contribution in [3.05, 3.63) is 60.3 Å². The van der Waals surface area contributed by atoms with E-state index in [0.29, 0.717) is 31.9 Å². The molecular weight excluding hydrogens is 551 g/mol. The molecule has 0 saturated carbocycles. The number of anilines is 2. The number of aliphatic carboxylic acids is 1. The molecule has 2 aliphatic heterocycles. The number of aromatic nitrogens is 4. The zero-order valence-corrected chi connectivity index (χ0v) is 22.8. The lowest BCUT2D eigenvalue weighted by Gasteiger charge is -2.39. The van der Waals surface area contributed by atoms with E-state index in [-0.39, 0.29) is 22.8 Å². The molecule has 4 aromatic rings. The number of carboxylic acid groups (broad SMARTS) is 1. The molecule has 2 fully saturated rings. The van der Waals surface area contributed by atoms with Gasteiger partial charge in [0.25, 0.3) is 0 Å². The molecule has 2 aromatic heterocycles. The van der Waals surface area contributed by atoms with Gasteiger partial charge in [0.2, 0.25) is 17.9 Å². The molecule has 6 rings (SSSR count). The molecule has 2 aliphatic rings. The molecule has 220 valence electrons. The van der Waals surface area contributed by atoms with Crippen LogP contribution < -0.4 is 20.7 Å². The number of ether oxygens (including phenoxy) is 1. The summed E-state index contributed by atoms with van der Waals surface area (Å²) in [6.07, 6.45) is -3.26. The maximum Gasteiger partial charge on any atom is 0.429 e. The highest BCUT2D eigenvalue weighted by Crippen LogP contribution is 2.41. The molecule has 0 radical (unpaired) electrons. The van der Waals surface area contributed by atoms with E-state index in [2.05, 4.69) is 20.4 Å². The summed E-state index contributed by atoms with van der Waals surface area (Å²) in [6, 6.07) is 12.6. The fraction of sp³-hybridized carbons (Fsp3) is 0.379. The van der Waals surface area contributed by atoms with Crippen molar-refractivity contribution in [3.8, 4) is 17.0 Å². The number of nitrogens with zero attached hydrogens (tertiary/aromatic N) is 5. The minimum Gasteiger partial charge on any atom is -0.480 e. The molecule has 0 unspecified atom stereocenters. The van der Waals surface area contributed by atoms with Gasteiger partial charge in [-0.15, -0.1) is 0 Å². The van der Waals surface area contributed by atoms with Crippen LogP contribution in [0.2, 0.25) is 0 Å². The summed E-state index contributed by atoms with van der Waals surface area (Å²) in [5, 5.41) is 17.6. The Balaban J connectivity index is 1.19. The minimum atomic E-state index is -4.72. The van der Waals surface area contributed by atoms with E-state index < -0.39 is 24.3 Å². The molecule has 0 bridgehead atoms. The highest BCUT2D eigenvalue weighted by molar-refractivity contribution is 5.84. The Bertz CT molecular complexity index is 1620. The van der Waals surface area contributed by atoms with Crippen LogP contribution >= 0.6 is 0 Å². The zero-order chi connectivity index (χ0) is 29.6. The molecule has 1 spiro atoms. The average molecular weight is 582 g/mol. The second-order valence-electron chi connectivity index (χ2n) is 11.1. The Kier molecular flexibility index (Phi) is 6.92. The molecule has 10 nitrogen and oxygen atoms in total. The van der Waals surface area contributed by atoms with E-state index >= 15 is 0 Å². The summed E-state index contributed by atoms with van der Waals surface area (Å²) in [4.78, 5) is 21.5. The van der Waals surface area contributed by atoms with Gasteiger partial charge in [0.1, 0.15) is 11.9 Å². The summed E-state index contributed by atoms with van der Waals surface area (Å²) < 4.78 is 49.9. The number of halogens is 3. The van der Waals surface area contributed by atoms with Crippen molar-refractivity contribution in [2.24, 2.45) is 12.5 Å². The number of fused-ring (bicyclic) bond motifs is 1. The van der Waals surface area contributed by atoms with Crippen LogP contribution in [0.25, 0.3) is 22.0 Å². The van der Waals surface area contributed by atoms with Crippen molar-refractivity contribution in [2.75, 3.05) is 30.3 Å². The van der Waals surface area contributed by atoms with Crippen molar-refractivity contribution >= 4 is 28.6 Å². The van der Waals surface area contributed by atoms with Crippen LogP contribution in [0.1, 0.15) is 30.9 Å². The molecule has 2 aromatic carbocycles. The molecule has 4 heterocycles. The number of alkyl halides is 3. The van der Waals surface area contributed by atoms with Gasteiger partial charge in [-0.05, 0) is 41.9 Å². The molecule has 42 heavy (non-hydrogen) atoms. The number of carboxylic acids is 1. The van der Waals surface area contributed by atoms with Gasteiger partial charge >= 0.3 is 12.1 Å². The van der Waals surface area contributed by atoms with Gasteiger partial charge in [-0.25, -0.2) is 0 Å². The molecule has 0 amide bonds. The van der Waals surface area contributed by atoms with Crippen LogP contribution in [0.4, 0.5) is 24.9 Å². The first-order valence-corrected chi connectivity index (χ1v) is 13.6. The molecule has 13 heteroatoms. The Morgan fingerprint density at radius 2 is 1.83 bits per heavy atom. The molecule has 2 atom stereocenters. The third kappa shape index (κ3) is 5.43. The summed E-state index contributed by atoms with van der Waals surface area (Å²) in [6.45, 7) is 1.72. The Morgan fingerprint density at radius 1 is 1.12 bits per heavy atom. The number of nitrogen functional groups attached to an aromatic ring is 1. The maximum atomic E-state index is 14.2. The molecule has 0 aliphatic carbocycles. The zero-order valence-electron chi connectivity index (χ0n) is 22.8. The van der Waals surface area contributed by atoms with E-state index in [9.17, 15) is 23.1 Å². The largest absolute Gasteiger partial charge is 0.480 e. The molecule has 2 saturated heterocycles. The van der Waals surface area contributed by atoms with E-state index in [1.54, 1.807) is 23.0 Å². The van der Waals surface area contributed by atoms with Crippen LogP contribution in [0.5, 0.6) is 5.88 Å². The minimum absolute atomic E-state index is 0.0757. The number of hydrogen-bond donors (Lipinski definition) is 3. The van der Waals surface area contributed by atoms with Crippen molar-refractivity contribution in [3.63, 3.8) is 0 Å². The lowest BCUT2D eigenvalue weighted by Crippen LogP contribution is -2.41. The number of nitrogens with one attached hydrogen (secondary N) is 1. The number of hydrogen-bond acceptors (Lipinski definition) is 8. The second kappa shape index (κ2) is 10.5.